The van der Waals surface area contributed by atoms with Crippen molar-refractivity contribution in [3.8, 4) is 0 Å². The van der Waals surface area contributed by atoms with Gasteiger partial charge in [-0.2, -0.15) is 0 Å². The van der Waals surface area contributed by atoms with Crippen molar-refractivity contribution in [3.05, 3.63) is 29.3 Å². The van der Waals surface area contributed by atoms with Crippen molar-refractivity contribution in [1.82, 2.24) is 0 Å². The third kappa shape index (κ3) is 3.05. The van der Waals surface area contributed by atoms with Crippen molar-refractivity contribution in [2.45, 2.75) is 64.3 Å². The lowest BCUT2D eigenvalue weighted by molar-refractivity contribution is 0.0970. The Balaban J connectivity index is 1.58. The molecule has 1 atom stereocenters. The largest absolute Gasteiger partial charge is 0.382 e. The molecule has 0 radical (unpaired) electrons. The van der Waals surface area contributed by atoms with E-state index in [1.54, 1.807) is 0 Å². The van der Waals surface area contributed by atoms with Crippen LogP contribution in [0, 0.1) is 5.92 Å². The molecule has 2 heteroatoms. The Morgan fingerprint density at radius 2 is 2.05 bits per heavy atom. The van der Waals surface area contributed by atoms with E-state index in [4.69, 9.17) is 0 Å². The fraction of sp³-hybridized carbons (Fsp3) is 0.611. The van der Waals surface area contributed by atoms with Gasteiger partial charge in [0.05, 0.1) is 0 Å². The summed E-state index contributed by atoms with van der Waals surface area (Å²) in [6.45, 7) is 2.19. The Kier molecular flexibility index (Phi) is 4.09. The Hall–Kier alpha value is -1.31. The van der Waals surface area contributed by atoms with Crippen molar-refractivity contribution in [3.63, 3.8) is 0 Å². The van der Waals surface area contributed by atoms with Gasteiger partial charge in [0, 0.05) is 23.7 Å². The molecule has 1 saturated carbocycles. The fourth-order valence-corrected chi connectivity index (χ4v) is 3.68. The van der Waals surface area contributed by atoms with E-state index >= 15 is 0 Å². The van der Waals surface area contributed by atoms with Gasteiger partial charge in [-0.3, -0.25) is 4.79 Å². The second-order valence-electron chi connectivity index (χ2n) is 6.59. The lowest BCUT2D eigenvalue weighted by Gasteiger charge is -2.20. The molecule has 3 rings (SSSR count). The van der Waals surface area contributed by atoms with E-state index in [0.717, 1.165) is 30.7 Å². The molecule has 1 N–H and O–H groups in total. The maximum Gasteiger partial charge on any atom is 0.162 e. The molecule has 2 aliphatic rings. The number of rotatable bonds is 4. The molecule has 108 valence electrons. The Bertz CT molecular complexity index is 488. The topological polar surface area (TPSA) is 29.1 Å². The lowest BCUT2D eigenvalue weighted by atomic mass is 9.85. The second-order valence-corrected chi connectivity index (χ2v) is 6.59. The average Bonchev–Trinajstić information content (AvgIpc) is 2.85. The standard InChI is InChI=1S/C18H25NO/c1-13-11-16-12-15(8-9-17(16)19-13)18(20)10-7-14-5-3-2-4-6-14/h8-9,12-14,19H,2-7,10-11H2,1H3. The number of ketones is 1. The Labute approximate surface area is 122 Å². The first-order valence-corrected chi connectivity index (χ1v) is 8.15. The monoisotopic (exact) mass is 271 g/mol. The first-order valence-electron chi connectivity index (χ1n) is 8.15. The molecule has 0 saturated heterocycles. The predicted octanol–water partition coefficient (Wildman–Crippen LogP) is 4.59. The summed E-state index contributed by atoms with van der Waals surface area (Å²) in [5.74, 6) is 1.13. The smallest absolute Gasteiger partial charge is 0.162 e. The third-order valence-corrected chi connectivity index (χ3v) is 4.86. The second kappa shape index (κ2) is 5.99. The molecule has 1 fully saturated rings. The van der Waals surface area contributed by atoms with Crippen LogP contribution in [0.1, 0.15) is 67.8 Å². The molecular weight excluding hydrogens is 246 g/mol. The molecule has 20 heavy (non-hydrogen) atoms. The van der Waals surface area contributed by atoms with E-state index in [-0.39, 0.29) is 0 Å². The minimum absolute atomic E-state index is 0.331. The first-order chi connectivity index (χ1) is 9.72. The van der Waals surface area contributed by atoms with Crippen LogP contribution in [-0.4, -0.2) is 11.8 Å². The third-order valence-electron chi connectivity index (χ3n) is 4.86. The summed E-state index contributed by atoms with van der Waals surface area (Å²) in [5.41, 5.74) is 3.43. The maximum absolute atomic E-state index is 12.3. The van der Waals surface area contributed by atoms with Crippen LogP contribution in [-0.2, 0) is 6.42 Å². The summed E-state index contributed by atoms with van der Waals surface area (Å²) in [7, 11) is 0. The highest BCUT2D eigenvalue weighted by Crippen LogP contribution is 2.29. The molecule has 2 nitrogen and oxygen atoms in total. The number of hydrogen-bond acceptors (Lipinski definition) is 2. The van der Waals surface area contributed by atoms with Gasteiger partial charge in [0.2, 0.25) is 0 Å². The first kappa shape index (κ1) is 13.7. The van der Waals surface area contributed by atoms with Gasteiger partial charge in [0.15, 0.2) is 5.78 Å². The normalized spacial score (nSPS) is 22.4. The number of carbonyl (C=O) groups is 1. The zero-order chi connectivity index (χ0) is 13.9. The molecule has 1 aliphatic carbocycles. The minimum atomic E-state index is 0.331. The van der Waals surface area contributed by atoms with Gasteiger partial charge >= 0.3 is 0 Å². The summed E-state index contributed by atoms with van der Waals surface area (Å²) in [6.07, 6.45) is 9.64. The van der Waals surface area contributed by atoms with Gasteiger partial charge in [-0.05, 0) is 49.4 Å². The number of benzene rings is 1. The molecule has 1 aliphatic heterocycles. The minimum Gasteiger partial charge on any atom is -0.382 e. The van der Waals surface area contributed by atoms with Crippen molar-refractivity contribution < 1.29 is 4.79 Å². The van der Waals surface area contributed by atoms with E-state index in [2.05, 4.69) is 24.4 Å². The zero-order valence-corrected chi connectivity index (χ0v) is 12.5. The van der Waals surface area contributed by atoms with Crippen molar-refractivity contribution >= 4 is 11.5 Å². The number of Topliss-reactive ketones (excluding diaryl/α,β-unsaturated/α-hetero) is 1. The van der Waals surface area contributed by atoms with Gasteiger partial charge in [-0.25, -0.2) is 0 Å². The van der Waals surface area contributed by atoms with E-state index in [1.807, 2.05) is 6.07 Å². The van der Waals surface area contributed by atoms with E-state index < -0.39 is 0 Å². The molecule has 1 unspecified atom stereocenters. The van der Waals surface area contributed by atoms with Crippen LogP contribution in [0.4, 0.5) is 5.69 Å². The summed E-state index contributed by atoms with van der Waals surface area (Å²) in [5, 5.41) is 3.44. The Morgan fingerprint density at radius 1 is 1.25 bits per heavy atom. The van der Waals surface area contributed by atoms with Gasteiger partial charge in [0.1, 0.15) is 0 Å². The molecule has 0 aromatic heterocycles. The van der Waals surface area contributed by atoms with E-state index in [1.165, 1.54) is 43.4 Å². The van der Waals surface area contributed by atoms with Gasteiger partial charge in [-0.1, -0.05) is 32.1 Å². The maximum atomic E-state index is 12.3. The molecule has 1 aromatic rings. The fourth-order valence-electron chi connectivity index (χ4n) is 3.68. The number of nitrogens with one attached hydrogen (secondary N) is 1. The highest BCUT2D eigenvalue weighted by molar-refractivity contribution is 5.96. The van der Waals surface area contributed by atoms with Crippen LogP contribution in [0.5, 0.6) is 0 Å². The molecule has 1 heterocycles. The number of anilines is 1. The average molecular weight is 271 g/mol. The summed E-state index contributed by atoms with van der Waals surface area (Å²) < 4.78 is 0. The number of hydrogen-bond donors (Lipinski definition) is 1. The molecule has 0 spiro atoms. The molecule has 0 amide bonds. The predicted molar refractivity (Wildman–Crippen MR) is 83.4 cm³/mol. The van der Waals surface area contributed by atoms with Crippen LogP contribution >= 0.6 is 0 Å². The molecule has 1 aromatic carbocycles. The lowest BCUT2D eigenvalue weighted by Crippen LogP contribution is -2.09. The highest BCUT2D eigenvalue weighted by Gasteiger charge is 2.19. The Morgan fingerprint density at radius 3 is 2.85 bits per heavy atom. The van der Waals surface area contributed by atoms with Crippen molar-refractivity contribution in [2.24, 2.45) is 5.92 Å². The van der Waals surface area contributed by atoms with Crippen LogP contribution in [0.15, 0.2) is 18.2 Å². The van der Waals surface area contributed by atoms with Gasteiger partial charge < -0.3 is 5.32 Å². The summed E-state index contributed by atoms with van der Waals surface area (Å²) >= 11 is 0. The quantitative estimate of drug-likeness (QED) is 0.812. The summed E-state index contributed by atoms with van der Waals surface area (Å²) in [6, 6.07) is 6.67. The van der Waals surface area contributed by atoms with Gasteiger partial charge in [-0.15, -0.1) is 0 Å². The molecular formula is C18H25NO. The van der Waals surface area contributed by atoms with Crippen LogP contribution < -0.4 is 5.32 Å². The van der Waals surface area contributed by atoms with Crippen molar-refractivity contribution in [1.29, 1.82) is 0 Å². The van der Waals surface area contributed by atoms with Crippen LogP contribution in [0.2, 0.25) is 0 Å². The number of carbonyl (C=O) groups excluding carboxylic acids is 1. The zero-order valence-electron chi connectivity index (χ0n) is 12.5. The SMILES string of the molecule is CC1Cc2cc(C(=O)CCC3CCCCC3)ccc2N1. The number of fused-ring (bicyclic) bond motifs is 1. The van der Waals surface area contributed by atoms with E-state index in [0.29, 0.717) is 11.8 Å². The van der Waals surface area contributed by atoms with Crippen LogP contribution in [0.3, 0.4) is 0 Å². The van der Waals surface area contributed by atoms with E-state index in [9.17, 15) is 4.79 Å². The van der Waals surface area contributed by atoms with Crippen molar-refractivity contribution in [2.75, 3.05) is 5.32 Å². The molecule has 0 bridgehead atoms. The summed E-state index contributed by atoms with van der Waals surface area (Å²) in [4.78, 5) is 12.3. The van der Waals surface area contributed by atoms with Crippen LogP contribution in [0.25, 0.3) is 0 Å². The van der Waals surface area contributed by atoms with Gasteiger partial charge in [0.25, 0.3) is 0 Å². The highest BCUT2D eigenvalue weighted by atomic mass is 16.1.